The highest BCUT2D eigenvalue weighted by Gasteiger charge is 2.45. The summed E-state index contributed by atoms with van der Waals surface area (Å²) in [5.41, 5.74) is 3.45. The molecule has 5 heteroatoms. The first-order chi connectivity index (χ1) is 15.5. The summed E-state index contributed by atoms with van der Waals surface area (Å²) in [6.07, 6.45) is 0.296. The monoisotopic (exact) mass is 435 g/mol. The van der Waals surface area contributed by atoms with Crippen molar-refractivity contribution in [3.63, 3.8) is 0 Å². The Hall–Kier alpha value is -2.89. The number of nitrogens with one attached hydrogen (secondary N) is 1. The van der Waals surface area contributed by atoms with Crippen molar-refractivity contribution in [3.05, 3.63) is 95.3 Å². The summed E-state index contributed by atoms with van der Waals surface area (Å²) < 4.78 is 32.0. The highest BCUT2D eigenvalue weighted by Crippen LogP contribution is 2.44. The third kappa shape index (κ3) is 5.12. The Labute approximate surface area is 189 Å². The van der Waals surface area contributed by atoms with Crippen molar-refractivity contribution in [2.24, 2.45) is 0 Å². The minimum Gasteiger partial charge on any atom is -0.485 e. The van der Waals surface area contributed by atoms with E-state index >= 15 is 0 Å². The molecular weight excluding hydrogens is 405 g/mol. The molecule has 0 aromatic heterocycles. The van der Waals surface area contributed by atoms with Crippen LogP contribution < -0.4 is 10.1 Å². The molecule has 2 atom stereocenters. The van der Waals surface area contributed by atoms with Gasteiger partial charge < -0.3 is 19.5 Å². The van der Waals surface area contributed by atoms with Crippen LogP contribution in [0.2, 0.25) is 0 Å². The molecule has 1 aliphatic rings. The highest BCUT2D eigenvalue weighted by molar-refractivity contribution is 5.53. The van der Waals surface area contributed by atoms with Crippen LogP contribution in [0.25, 0.3) is 0 Å². The third-order valence-corrected chi connectivity index (χ3v) is 5.82. The number of fused-ring (bicyclic) bond motifs is 1. The molecule has 2 unspecified atom stereocenters. The number of benzene rings is 3. The van der Waals surface area contributed by atoms with Gasteiger partial charge in [0, 0.05) is 24.9 Å². The van der Waals surface area contributed by atoms with Crippen molar-refractivity contribution in [1.29, 1.82) is 0 Å². The summed E-state index contributed by atoms with van der Waals surface area (Å²) in [5, 5.41) is 3.38. The first-order valence-electron chi connectivity index (χ1n) is 11.0. The lowest BCUT2D eigenvalue weighted by atomic mass is 9.88. The summed E-state index contributed by atoms with van der Waals surface area (Å²) in [5.74, 6) is 0.560. The van der Waals surface area contributed by atoms with Gasteiger partial charge in [-0.25, -0.2) is 4.39 Å². The second kappa shape index (κ2) is 9.72. The third-order valence-electron chi connectivity index (χ3n) is 5.82. The van der Waals surface area contributed by atoms with E-state index in [1.807, 2.05) is 56.3 Å². The van der Waals surface area contributed by atoms with Gasteiger partial charge in [-0.1, -0.05) is 42.5 Å². The lowest BCUT2D eigenvalue weighted by Gasteiger charge is -2.43. The number of rotatable bonds is 8. The van der Waals surface area contributed by atoms with Crippen LogP contribution in [0.3, 0.4) is 0 Å². The maximum absolute atomic E-state index is 13.5. The molecule has 4 nitrogen and oxygen atoms in total. The summed E-state index contributed by atoms with van der Waals surface area (Å²) >= 11 is 0. The minimum atomic E-state index is -0.532. The maximum atomic E-state index is 13.5. The van der Waals surface area contributed by atoms with E-state index in [4.69, 9.17) is 14.2 Å². The molecule has 3 aromatic rings. The average molecular weight is 436 g/mol. The fourth-order valence-corrected chi connectivity index (χ4v) is 4.23. The fourth-order valence-electron chi connectivity index (χ4n) is 4.23. The van der Waals surface area contributed by atoms with Gasteiger partial charge in [0.05, 0.1) is 6.61 Å². The predicted octanol–water partition coefficient (Wildman–Crippen LogP) is 5.92. The summed E-state index contributed by atoms with van der Waals surface area (Å²) in [6, 6.07) is 22.9. The molecule has 32 heavy (non-hydrogen) atoms. The fraction of sp³-hybridized carbons (Fsp3) is 0.333. The quantitative estimate of drug-likeness (QED) is 0.476. The number of halogens is 1. The lowest BCUT2D eigenvalue weighted by molar-refractivity contribution is -0.149. The van der Waals surface area contributed by atoms with Gasteiger partial charge in [-0.05, 0) is 61.7 Å². The number of hydrogen-bond donors (Lipinski definition) is 1. The van der Waals surface area contributed by atoms with Crippen molar-refractivity contribution in [2.45, 2.75) is 44.6 Å². The van der Waals surface area contributed by atoms with E-state index in [9.17, 15) is 4.39 Å². The largest absolute Gasteiger partial charge is 0.485 e. The van der Waals surface area contributed by atoms with Crippen LogP contribution in [-0.4, -0.2) is 25.4 Å². The minimum absolute atomic E-state index is 0.236. The van der Waals surface area contributed by atoms with Gasteiger partial charge >= 0.3 is 0 Å². The zero-order valence-corrected chi connectivity index (χ0v) is 18.8. The molecule has 1 N–H and O–H groups in total. The first kappa shape index (κ1) is 22.3. The number of anilines is 1. The molecule has 0 fully saturated rings. The smallest absolute Gasteiger partial charge is 0.132 e. The molecule has 0 saturated heterocycles. The Bertz CT molecular complexity index is 1040. The van der Waals surface area contributed by atoms with Gasteiger partial charge in [0.1, 0.15) is 29.4 Å². The molecule has 1 aliphatic heterocycles. The second-order valence-corrected chi connectivity index (χ2v) is 8.62. The molecule has 168 valence electrons. The molecule has 0 bridgehead atoms. The maximum Gasteiger partial charge on any atom is 0.132 e. The van der Waals surface area contributed by atoms with Crippen LogP contribution in [0.1, 0.15) is 36.6 Å². The second-order valence-electron chi connectivity index (χ2n) is 8.62. The highest BCUT2D eigenvalue weighted by atomic mass is 19.1. The Morgan fingerprint density at radius 2 is 1.75 bits per heavy atom. The summed E-state index contributed by atoms with van der Waals surface area (Å²) in [6.45, 7) is 5.14. The van der Waals surface area contributed by atoms with E-state index in [0.29, 0.717) is 13.2 Å². The van der Waals surface area contributed by atoms with Gasteiger partial charge in [-0.2, -0.15) is 0 Å². The lowest BCUT2D eigenvalue weighted by Crippen LogP contribution is -2.50. The van der Waals surface area contributed by atoms with Crippen LogP contribution in [0.15, 0.2) is 72.8 Å². The average Bonchev–Trinajstić information content (AvgIpc) is 2.78. The summed E-state index contributed by atoms with van der Waals surface area (Å²) in [4.78, 5) is 0. The Balaban J connectivity index is 1.53. The molecule has 1 heterocycles. The first-order valence-corrected chi connectivity index (χ1v) is 11.0. The Morgan fingerprint density at radius 1 is 0.969 bits per heavy atom. The van der Waals surface area contributed by atoms with E-state index < -0.39 is 5.60 Å². The predicted molar refractivity (Wildman–Crippen MR) is 125 cm³/mol. The van der Waals surface area contributed by atoms with E-state index in [1.54, 1.807) is 13.2 Å². The molecule has 0 saturated carbocycles. The number of ether oxygens (including phenoxy) is 3. The molecule has 3 aromatic carbocycles. The zero-order chi connectivity index (χ0) is 22.6. The van der Waals surface area contributed by atoms with Crippen molar-refractivity contribution in [1.82, 2.24) is 0 Å². The number of hydrogen-bond acceptors (Lipinski definition) is 4. The van der Waals surface area contributed by atoms with Gasteiger partial charge in [0.2, 0.25) is 0 Å². The van der Waals surface area contributed by atoms with Crippen LogP contribution in [-0.2, 0) is 22.4 Å². The van der Waals surface area contributed by atoms with Gasteiger partial charge in [0.25, 0.3) is 0 Å². The molecule has 0 radical (unpaired) electrons. The topological polar surface area (TPSA) is 39.7 Å². The van der Waals surface area contributed by atoms with E-state index in [0.717, 1.165) is 29.0 Å². The van der Waals surface area contributed by atoms with Gasteiger partial charge in [0.15, 0.2) is 0 Å². The van der Waals surface area contributed by atoms with Crippen LogP contribution in [0.4, 0.5) is 10.1 Å². The van der Waals surface area contributed by atoms with Crippen molar-refractivity contribution >= 4 is 5.69 Å². The van der Waals surface area contributed by atoms with Crippen LogP contribution in [0, 0.1) is 5.82 Å². The molecule has 4 rings (SSSR count). The van der Waals surface area contributed by atoms with E-state index in [-0.39, 0.29) is 18.0 Å². The van der Waals surface area contributed by atoms with Crippen molar-refractivity contribution in [2.75, 3.05) is 19.0 Å². The molecule has 0 aliphatic carbocycles. The summed E-state index contributed by atoms with van der Waals surface area (Å²) in [7, 11) is 1.69. The van der Waals surface area contributed by atoms with Crippen molar-refractivity contribution in [3.8, 4) is 5.75 Å². The molecular formula is C27H30FNO3. The number of methoxy groups -OCH3 is 1. The zero-order valence-electron chi connectivity index (χ0n) is 18.8. The van der Waals surface area contributed by atoms with Crippen LogP contribution in [0.5, 0.6) is 5.75 Å². The SMILES string of the molecule is COC1C(OCCc2ccccc2)c2cc(NCc3cccc(F)c3)ccc2OC1(C)C. The molecule has 0 spiro atoms. The van der Waals surface area contributed by atoms with Crippen molar-refractivity contribution < 1.29 is 18.6 Å². The Kier molecular flexibility index (Phi) is 6.77. The van der Waals surface area contributed by atoms with E-state index in [2.05, 4.69) is 17.4 Å². The van der Waals surface area contributed by atoms with Gasteiger partial charge in [-0.15, -0.1) is 0 Å². The van der Waals surface area contributed by atoms with Gasteiger partial charge in [-0.3, -0.25) is 0 Å². The standard InChI is InChI=1S/C27H30FNO3/c1-27(2)26(30-3)25(31-15-14-19-8-5-4-6-9-19)23-17-22(12-13-24(23)32-27)29-18-20-10-7-11-21(28)16-20/h4-13,16-17,25-26,29H,14-15,18H2,1-3H3. The normalized spacial score (nSPS) is 19.1. The Morgan fingerprint density at radius 3 is 2.50 bits per heavy atom. The molecule has 0 amide bonds. The van der Waals surface area contributed by atoms with Crippen LogP contribution >= 0.6 is 0 Å². The van der Waals surface area contributed by atoms with E-state index in [1.165, 1.54) is 17.7 Å².